The maximum absolute atomic E-state index is 12.5. The molecule has 1 aromatic carbocycles. The summed E-state index contributed by atoms with van der Waals surface area (Å²) >= 11 is 0. The number of rotatable bonds is 4. The molecular formula is C14H14F3NO4. The summed E-state index contributed by atoms with van der Waals surface area (Å²) in [6, 6.07) is 4.25. The van der Waals surface area contributed by atoms with Crippen LogP contribution in [-0.4, -0.2) is 41.6 Å². The number of carbonyl (C=O) groups excluding carboxylic acids is 1. The summed E-state index contributed by atoms with van der Waals surface area (Å²) in [5.74, 6) is -2.06. The monoisotopic (exact) mass is 317 g/mol. The van der Waals surface area contributed by atoms with Gasteiger partial charge in [0, 0.05) is 13.1 Å². The lowest BCUT2D eigenvalue weighted by Gasteiger charge is -2.16. The smallest absolute Gasteiger partial charge is 0.416 e. The molecule has 1 heterocycles. The van der Waals surface area contributed by atoms with E-state index in [0.717, 1.165) is 12.1 Å². The van der Waals surface area contributed by atoms with Gasteiger partial charge in [-0.3, -0.25) is 9.59 Å². The van der Waals surface area contributed by atoms with Crippen molar-refractivity contribution in [1.29, 1.82) is 0 Å². The Bertz CT molecular complexity index is 573. The molecule has 1 aliphatic heterocycles. The van der Waals surface area contributed by atoms with E-state index in [2.05, 4.69) is 0 Å². The Morgan fingerprint density at radius 3 is 2.68 bits per heavy atom. The fraction of sp³-hybridized carbons (Fsp3) is 0.429. The first-order chi connectivity index (χ1) is 10.3. The molecule has 1 amide bonds. The van der Waals surface area contributed by atoms with Crippen molar-refractivity contribution in [3.8, 4) is 5.75 Å². The van der Waals surface area contributed by atoms with Gasteiger partial charge in [0.2, 0.25) is 0 Å². The highest BCUT2D eigenvalue weighted by molar-refractivity contribution is 5.80. The second-order valence-electron chi connectivity index (χ2n) is 4.98. The molecule has 1 N–H and O–H groups in total. The van der Waals surface area contributed by atoms with Gasteiger partial charge in [0.25, 0.3) is 5.91 Å². The minimum atomic E-state index is -4.48. The lowest BCUT2D eigenvalue weighted by atomic mass is 10.1. The number of alkyl halides is 3. The summed E-state index contributed by atoms with van der Waals surface area (Å²) in [6.45, 7) is -0.0183. The zero-order valence-corrected chi connectivity index (χ0v) is 11.5. The molecule has 0 bridgehead atoms. The molecule has 5 nitrogen and oxygen atoms in total. The van der Waals surface area contributed by atoms with E-state index in [0.29, 0.717) is 13.0 Å². The van der Waals surface area contributed by atoms with E-state index in [1.165, 1.54) is 17.0 Å². The van der Waals surface area contributed by atoms with Crippen molar-refractivity contribution in [3.63, 3.8) is 0 Å². The Balaban J connectivity index is 1.91. The van der Waals surface area contributed by atoms with Crippen molar-refractivity contribution in [2.45, 2.75) is 12.6 Å². The Morgan fingerprint density at radius 2 is 2.09 bits per heavy atom. The minimum absolute atomic E-state index is 0.0582. The number of hydrogen-bond donors (Lipinski definition) is 1. The van der Waals surface area contributed by atoms with E-state index in [1.807, 2.05) is 0 Å². The van der Waals surface area contributed by atoms with Gasteiger partial charge in [-0.25, -0.2) is 0 Å². The molecule has 120 valence electrons. The second-order valence-corrected chi connectivity index (χ2v) is 4.98. The van der Waals surface area contributed by atoms with Gasteiger partial charge in [0.1, 0.15) is 5.75 Å². The van der Waals surface area contributed by atoms with Crippen LogP contribution in [0.4, 0.5) is 13.2 Å². The van der Waals surface area contributed by atoms with Crippen LogP contribution >= 0.6 is 0 Å². The van der Waals surface area contributed by atoms with Crippen molar-refractivity contribution >= 4 is 11.9 Å². The fourth-order valence-corrected chi connectivity index (χ4v) is 2.19. The molecule has 1 aliphatic rings. The average molecular weight is 317 g/mol. The minimum Gasteiger partial charge on any atom is -0.484 e. The molecule has 1 fully saturated rings. The van der Waals surface area contributed by atoms with Crippen LogP contribution in [-0.2, 0) is 15.8 Å². The van der Waals surface area contributed by atoms with Gasteiger partial charge in [0.15, 0.2) is 6.61 Å². The van der Waals surface area contributed by atoms with Crippen molar-refractivity contribution in [2.24, 2.45) is 5.92 Å². The van der Waals surface area contributed by atoms with Crippen molar-refractivity contribution < 1.29 is 32.6 Å². The summed E-state index contributed by atoms with van der Waals surface area (Å²) in [5.41, 5.74) is -0.857. The van der Waals surface area contributed by atoms with Gasteiger partial charge in [-0.05, 0) is 24.6 Å². The van der Waals surface area contributed by atoms with Crippen LogP contribution in [0.15, 0.2) is 24.3 Å². The Hall–Kier alpha value is -2.25. The van der Waals surface area contributed by atoms with Gasteiger partial charge in [0.05, 0.1) is 11.5 Å². The molecule has 1 atom stereocenters. The average Bonchev–Trinajstić information content (AvgIpc) is 2.94. The molecule has 8 heteroatoms. The Morgan fingerprint density at radius 1 is 1.36 bits per heavy atom. The van der Waals surface area contributed by atoms with E-state index < -0.39 is 36.1 Å². The van der Waals surface area contributed by atoms with Crippen molar-refractivity contribution in [3.05, 3.63) is 29.8 Å². The van der Waals surface area contributed by atoms with Gasteiger partial charge in [-0.15, -0.1) is 0 Å². The zero-order chi connectivity index (χ0) is 16.3. The standard InChI is InChI=1S/C14H14F3NO4/c15-14(16,17)10-2-1-3-11(6-10)22-8-12(19)18-5-4-9(7-18)13(20)21/h1-3,6,9H,4-5,7-8H2,(H,20,21). The predicted octanol–water partition coefficient (Wildman–Crippen LogP) is 2.02. The van der Waals surface area contributed by atoms with Crippen LogP contribution in [0.5, 0.6) is 5.75 Å². The van der Waals surface area contributed by atoms with E-state index in [-0.39, 0.29) is 12.3 Å². The molecule has 2 rings (SSSR count). The van der Waals surface area contributed by atoms with Crippen molar-refractivity contribution in [2.75, 3.05) is 19.7 Å². The summed E-state index contributed by atoms with van der Waals surface area (Å²) in [4.78, 5) is 24.0. The van der Waals surface area contributed by atoms with E-state index in [1.54, 1.807) is 0 Å². The SMILES string of the molecule is O=C(O)C1CCN(C(=O)COc2cccc(C(F)(F)F)c2)C1. The van der Waals surface area contributed by atoms with Crippen LogP contribution in [0.25, 0.3) is 0 Å². The summed E-state index contributed by atoms with van der Waals surface area (Å²) in [5, 5.41) is 8.85. The number of hydrogen-bond acceptors (Lipinski definition) is 3. The Labute approximate surface area is 124 Å². The number of carbonyl (C=O) groups is 2. The third-order valence-electron chi connectivity index (χ3n) is 3.41. The first kappa shape index (κ1) is 16.1. The molecule has 0 spiro atoms. The summed E-state index contributed by atoms with van der Waals surface area (Å²) < 4.78 is 42.7. The van der Waals surface area contributed by atoms with Crippen LogP contribution in [0.2, 0.25) is 0 Å². The third-order valence-corrected chi connectivity index (χ3v) is 3.41. The third kappa shape index (κ3) is 3.90. The van der Waals surface area contributed by atoms with Gasteiger partial charge in [-0.2, -0.15) is 13.2 Å². The molecule has 0 radical (unpaired) electrons. The molecule has 1 unspecified atom stereocenters. The molecule has 1 saturated heterocycles. The van der Waals surface area contributed by atoms with Crippen LogP contribution in [0, 0.1) is 5.92 Å². The normalized spacial score (nSPS) is 18.3. The first-order valence-electron chi connectivity index (χ1n) is 6.58. The maximum atomic E-state index is 12.5. The second kappa shape index (κ2) is 6.25. The highest BCUT2D eigenvalue weighted by Gasteiger charge is 2.32. The molecule has 0 aromatic heterocycles. The van der Waals surface area contributed by atoms with Gasteiger partial charge in [-0.1, -0.05) is 6.07 Å². The largest absolute Gasteiger partial charge is 0.484 e. The van der Waals surface area contributed by atoms with E-state index >= 15 is 0 Å². The number of carboxylic acids is 1. The maximum Gasteiger partial charge on any atom is 0.416 e. The summed E-state index contributed by atoms with van der Waals surface area (Å²) in [7, 11) is 0. The van der Waals surface area contributed by atoms with E-state index in [9.17, 15) is 22.8 Å². The van der Waals surface area contributed by atoms with Crippen LogP contribution < -0.4 is 4.74 Å². The topological polar surface area (TPSA) is 66.8 Å². The number of benzene rings is 1. The lowest BCUT2D eigenvalue weighted by Crippen LogP contribution is -2.33. The molecule has 22 heavy (non-hydrogen) atoms. The van der Waals surface area contributed by atoms with Gasteiger partial charge >= 0.3 is 12.1 Å². The zero-order valence-electron chi connectivity index (χ0n) is 11.5. The molecule has 1 aromatic rings. The quantitative estimate of drug-likeness (QED) is 0.922. The predicted molar refractivity (Wildman–Crippen MR) is 69.3 cm³/mol. The van der Waals surface area contributed by atoms with Crippen LogP contribution in [0.1, 0.15) is 12.0 Å². The highest BCUT2D eigenvalue weighted by atomic mass is 19.4. The number of carboxylic acid groups (broad SMARTS) is 1. The van der Waals surface area contributed by atoms with E-state index in [4.69, 9.17) is 9.84 Å². The Kier molecular flexibility index (Phi) is 4.58. The molecule has 0 saturated carbocycles. The number of likely N-dealkylation sites (tertiary alicyclic amines) is 1. The number of nitrogens with zero attached hydrogens (tertiary/aromatic N) is 1. The lowest BCUT2D eigenvalue weighted by molar-refractivity contribution is -0.141. The fourth-order valence-electron chi connectivity index (χ4n) is 2.19. The van der Waals surface area contributed by atoms with Crippen LogP contribution in [0.3, 0.4) is 0 Å². The number of ether oxygens (including phenoxy) is 1. The number of aliphatic carboxylic acids is 1. The number of amides is 1. The number of halogens is 3. The van der Waals surface area contributed by atoms with Gasteiger partial charge < -0.3 is 14.7 Å². The molecular weight excluding hydrogens is 303 g/mol. The molecule has 0 aliphatic carbocycles. The summed E-state index contributed by atoms with van der Waals surface area (Å²) in [6.07, 6.45) is -4.11. The highest BCUT2D eigenvalue weighted by Crippen LogP contribution is 2.31. The van der Waals surface area contributed by atoms with Crippen molar-refractivity contribution in [1.82, 2.24) is 4.90 Å². The first-order valence-corrected chi connectivity index (χ1v) is 6.58.